The average Bonchev–Trinajstić information content (AvgIpc) is 2.48. The van der Waals surface area contributed by atoms with Crippen LogP contribution in [0.1, 0.15) is 19.8 Å². The van der Waals surface area contributed by atoms with Crippen LogP contribution in [-0.4, -0.2) is 34.0 Å². The van der Waals surface area contributed by atoms with Crippen LogP contribution in [0.25, 0.3) is 0 Å². The van der Waals surface area contributed by atoms with Crippen molar-refractivity contribution in [3.05, 3.63) is 28.2 Å². The fourth-order valence-corrected chi connectivity index (χ4v) is 3.69. The Morgan fingerprint density at radius 2 is 2.09 bits per heavy atom. The quantitative estimate of drug-likeness (QED) is 0.775. The standard InChI is InChI=1S/C15H18Cl2N2OS2/c1-10-4-6-19(7-5-10)15(21)22-9-14(20)18-13-3-2-11(16)8-12(13)17/h2-3,8,10H,4-7,9H2,1H3,(H,18,20). The molecule has 1 aliphatic heterocycles. The second kappa shape index (κ2) is 8.39. The van der Waals surface area contributed by atoms with Gasteiger partial charge in [0.1, 0.15) is 4.32 Å². The minimum absolute atomic E-state index is 0.123. The molecule has 22 heavy (non-hydrogen) atoms. The van der Waals surface area contributed by atoms with Gasteiger partial charge in [0.2, 0.25) is 5.91 Å². The van der Waals surface area contributed by atoms with Crippen LogP contribution in [0.5, 0.6) is 0 Å². The van der Waals surface area contributed by atoms with Crippen molar-refractivity contribution >= 4 is 63.1 Å². The maximum absolute atomic E-state index is 12.0. The number of nitrogens with zero attached hydrogens (tertiary/aromatic N) is 1. The number of thiocarbonyl (C=S) groups is 1. The first-order chi connectivity index (χ1) is 10.5. The van der Waals surface area contributed by atoms with Gasteiger partial charge in [-0.3, -0.25) is 4.79 Å². The molecule has 1 heterocycles. The van der Waals surface area contributed by atoms with Gasteiger partial charge in [0, 0.05) is 18.1 Å². The molecule has 1 amide bonds. The maximum atomic E-state index is 12.0. The average molecular weight is 377 g/mol. The van der Waals surface area contributed by atoms with Crippen LogP contribution in [0.2, 0.25) is 10.0 Å². The molecule has 0 atom stereocenters. The van der Waals surface area contributed by atoms with Crippen molar-refractivity contribution in [3.63, 3.8) is 0 Å². The summed E-state index contributed by atoms with van der Waals surface area (Å²) >= 11 is 18.7. The highest BCUT2D eigenvalue weighted by molar-refractivity contribution is 8.23. The molecule has 1 saturated heterocycles. The highest BCUT2D eigenvalue weighted by atomic mass is 35.5. The lowest BCUT2D eigenvalue weighted by molar-refractivity contribution is -0.113. The number of carbonyl (C=O) groups excluding carboxylic acids is 1. The van der Waals surface area contributed by atoms with Crippen LogP contribution in [0.4, 0.5) is 5.69 Å². The van der Waals surface area contributed by atoms with E-state index in [0.29, 0.717) is 15.7 Å². The lowest BCUT2D eigenvalue weighted by Gasteiger charge is -2.31. The van der Waals surface area contributed by atoms with E-state index in [2.05, 4.69) is 17.1 Å². The van der Waals surface area contributed by atoms with E-state index >= 15 is 0 Å². The van der Waals surface area contributed by atoms with Crippen LogP contribution in [0.15, 0.2) is 18.2 Å². The molecule has 0 radical (unpaired) electrons. The zero-order chi connectivity index (χ0) is 16.1. The van der Waals surface area contributed by atoms with Crippen molar-refractivity contribution in [2.24, 2.45) is 5.92 Å². The monoisotopic (exact) mass is 376 g/mol. The summed E-state index contributed by atoms with van der Waals surface area (Å²) in [5.41, 5.74) is 0.564. The zero-order valence-corrected chi connectivity index (χ0v) is 15.4. The molecule has 0 bridgehead atoms. The zero-order valence-electron chi connectivity index (χ0n) is 12.3. The van der Waals surface area contributed by atoms with Gasteiger partial charge in [-0.15, -0.1) is 0 Å². The highest BCUT2D eigenvalue weighted by Crippen LogP contribution is 2.26. The van der Waals surface area contributed by atoms with E-state index in [1.54, 1.807) is 18.2 Å². The number of anilines is 1. The van der Waals surface area contributed by atoms with E-state index in [4.69, 9.17) is 35.4 Å². The van der Waals surface area contributed by atoms with Gasteiger partial charge in [-0.25, -0.2) is 0 Å². The molecule has 0 saturated carbocycles. The summed E-state index contributed by atoms with van der Waals surface area (Å²) in [4.78, 5) is 14.2. The van der Waals surface area contributed by atoms with Crippen molar-refractivity contribution in [2.45, 2.75) is 19.8 Å². The van der Waals surface area contributed by atoms with Crippen LogP contribution in [0, 0.1) is 5.92 Å². The Kier molecular flexibility index (Phi) is 6.81. The van der Waals surface area contributed by atoms with Crippen molar-refractivity contribution < 1.29 is 4.79 Å². The van der Waals surface area contributed by atoms with E-state index in [1.807, 2.05) is 0 Å². The number of likely N-dealkylation sites (tertiary alicyclic amines) is 1. The summed E-state index contributed by atoms with van der Waals surface area (Å²) in [6.45, 7) is 4.23. The number of carbonyl (C=O) groups is 1. The largest absolute Gasteiger partial charge is 0.357 e. The first-order valence-electron chi connectivity index (χ1n) is 7.12. The SMILES string of the molecule is CC1CCN(C(=S)SCC(=O)Nc2ccc(Cl)cc2Cl)CC1. The number of halogens is 2. The number of benzene rings is 1. The Morgan fingerprint density at radius 1 is 1.41 bits per heavy atom. The topological polar surface area (TPSA) is 32.3 Å². The van der Waals surface area contributed by atoms with E-state index in [9.17, 15) is 4.79 Å². The van der Waals surface area contributed by atoms with Gasteiger partial charge in [0.15, 0.2) is 0 Å². The molecule has 1 aromatic rings. The van der Waals surface area contributed by atoms with Gasteiger partial charge in [0.05, 0.1) is 16.5 Å². The second-order valence-electron chi connectivity index (χ2n) is 5.40. The molecule has 1 fully saturated rings. The molecule has 120 valence electrons. The summed E-state index contributed by atoms with van der Waals surface area (Å²) in [5.74, 6) is 0.922. The van der Waals surface area contributed by atoms with Crippen LogP contribution in [0.3, 0.4) is 0 Å². The molecule has 3 nitrogen and oxygen atoms in total. The van der Waals surface area contributed by atoms with E-state index in [0.717, 1.165) is 36.2 Å². The minimum Gasteiger partial charge on any atom is -0.357 e. The first-order valence-corrected chi connectivity index (χ1v) is 9.27. The Labute approximate surface area is 150 Å². The predicted octanol–water partition coefficient (Wildman–Crippen LogP) is 4.68. The first kappa shape index (κ1) is 17.9. The summed E-state index contributed by atoms with van der Waals surface area (Å²) in [7, 11) is 0. The molecule has 2 rings (SSSR count). The summed E-state index contributed by atoms with van der Waals surface area (Å²) in [6, 6.07) is 4.98. The number of hydrogen-bond acceptors (Lipinski definition) is 3. The summed E-state index contributed by atoms with van der Waals surface area (Å²) in [6.07, 6.45) is 2.32. The van der Waals surface area contributed by atoms with Crippen molar-refractivity contribution in [1.82, 2.24) is 4.90 Å². The lowest BCUT2D eigenvalue weighted by Crippen LogP contribution is -2.36. The van der Waals surface area contributed by atoms with Gasteiger partial charge in [-0.2, -0.15) is 0 Å². The molecule has 1 aromatic carbocycles. The Balaban J connectivity index is 1.79. The highest BCUT2D eigenvalue weighted by Gasteiger charge is 2.18. The molecule has 0 spiro atoms. The summed E-state index contributed by atoms with van der Waals surface area (Å²) in [5, 5.41) is 3.74. The third kappa shape index (κ3) is 5.30. The number of nitrogens with one attached hydrogen (secondary N) is 1. The second-order valence-corrected chi connectivity index (χ2v) is 7.85. The van der Waals surface area contributed by atoms with Crippen LogP contribution < -0.4 is 5.32 Å². The third-order valence-corrected chi connectivity index (χ3v) is 5.65. The molecular formula is C15H18Cl2N2OS2. The maximum Gasteiger partial charge on any atom is 0.234 e. The molecule has 1 aliphatic rings. The van der Waals surface area contributed by atoms with E-state index in [-0.39, 0.29) is 11.7 Å². The van der Waals surface area contributed by atoms with Crippen LogP contribution >= 0.6 is 47.2 Å². The Bertz CT molecular complexity index is 560. The Morgan fingerprint density at radius 3 is 2.73 bits per heavy atom. The molecule has 0 unspecified atom stereocenters. The number of hydrogen-bond donors (Lipinski definition) is 1. The van der Waals surface area contributed by atoms with Crippen LogP contribution in [-0.2, 0) is 4.79 Å². The number of piperidine rings is 1. The third-order valence-electron chi connectivity index (χ3n) is 3.57. The van der Waals surface area contributed by atoms with Crippen molar-refractivity contribution in [2.75, 3.05) is 24.2 Å². The molecule has 0 aliphatic carbocycles. The normalized spacial score (nSPS) is 15.7. The van der Waals surface area contributed by atoms with Gasteiger partial charge in [-0.05, 0) is 37.0 Å². The number of thioether (sulfide) groups is 1. The van der Waals surface area contributed by atoms with Crippen molar-refractivity contribution in [1.29, 1.82) is 0 Å². The Hall–Kier alpha value is -0.490. The van der Waals surface area contributed by atoms with E-state index < -0.39 is 0 Å². The summed E-state index contributed by atoms with van der Waals surface area (Å²) < 4.78 is 0.796. The molecular weight excluding hydrogens is 359 g/mol. The molecule has 0 aromatic heterocycles. The number of amides is 1. The van der Waals surface area contributed by atoms with Gasteiger partial charge in [-0.1, -0.05) is 54.1 Å². The minimum atomic E-state index is -0.123. The molecule has 7 heteroatoms. The van der Waals surface area contributed by atoms with E-state index in [1.165, 1.54) is 11.8 Å². The van der Waals surface area contributed by atoms with Gasteiger partial charge < -0.3 is 10.2 Å². The van der Waals surface area contributed by atoms with Gasteiger partial charge >= 0.3 is 0 Å². The fourth-order valence-electron chi connectivity index (χ4n) is 2.19. The fraction of sp³-hybridized carbons (Fsp3) is 0.467. The van der Waals surface area contributed by atoms with Crippen molar-refractivity contribution in [3.8, 4) is 0 Å². The molecule has 1 N–H and O–H groups in total. The smallest absolute Gasteiger partial charge is 0.234 e. The van der Waals surface area contributed by atoms with Gasteiger partial charge in [0.25, 0.3) is 0 Å². The number of rotatable bonds is 3. The lowest BCUT2D eigenvalue weighted by atomic mass is 10.00. The predicted molar refractivity (Wildman–Crippen MR) is 100 cm³/mol.